The summed E-state index contributed by atoms with van der Waals surface area (Å²) in [6, 6.07) is 0. The van der Waals surface area contributed by atoms with Gasteiger partial charge in [0, 0.05) is 35.9 Å². The minimum atomic E-state index is -1.32. The normalized spacial score (nSPS) is 12.8. The molecule has 0 spiro atoms. The first-order chi connectivity index (χ1) is 14.6. The van der Waals surface area contributed by atoms with E-state index in [-0.39, 0.29) is 89.7 Å². The smallest absolute Gasteiger partial charge is 0.550 e. The summed E-state index contributed by atoms with van der Waals surface area (Å²) in [4.78, 5) is 42.9. The van der Waals surface area contributed by atoms with E-state index in [0.717, 1.165) is 0 Å². The van der Waals surface area contributed by atoms with Gasteiger partial charge in [-0.25, -0.2) is 0 Å². The molecule has 0 heterocycles. The Morgan fingerprint density at radius 1 is 0.727 bits per heavy atom. The fourth-order valence-corrected chi connectivity index (χ4v) is 1.96. The molecule has 0 aliphatic rings. The van der Waals surface area contributed by atoms with Crippen LogP contribution in [0.1, 0.15) is 53.4 Å². The molecule has 0 saturated carbocycles. The van der Waals surface area contributed by atoms with Gasteiger partial charge >= 0.3 is 37.7 Å². The Hall–Kier alpha value is -1.02. The second-order valence-electron chi connectivity index (χ2n) is 8.63. The molecule has 2 amide bonds. The summed E-state index contributed by atoms with van der Waals surface area (Å²) in [6.45, 7) is 5.89. The maximum Gasteiger partial charge on any atom is 2.00 e. The zero-order valence-corrected chi connectivity index (χ0v) is 22.0. The molecule has 0 rings (SSSR count). The number of carbonyl (C=O) groups excluding carboxylic acids is 4. The van der Waals surface area contributed by atoms with Gasteiger partial charge in [0.2, 0.25) is 11.8 Å². The Bertz CT molecular complexity index is 562. The van der Waals surface area contributed by atoms with Crippen molar-refractivity contribution in [1.29, 1.82) is 0 Å². The number of aliphatic hydroxyl groups is 4. The van der Waals surface area contributed by atoms with Crippen molar-refractivity contribution in [3.8, 4) is 0 Å². The van der Waals surface area contributed by atoms with Crippen LogP contribution in [0.3, 0.4) is 0 Å². The predicted molar refractivity (Wildman–Crippen MR) is 114 cm³/mol. The molecular weight excluding hydrogens is 468 g/mol. The Kier molecular flexibility index (Phi) is 20.3. The first-order valence-electron chi connectivity index (χ1n) is 10.1. The number of aliphatic carboxylic acids is 2. The number of hydrogen-bond acceptors (Lipinski definition) is 10. The number of aliphatic hydroxyl groups excluding tert-OH is 4. The molecule has 0 aromatic carbocycles. The number of carbonyl (C=O) groups is 4. The minimum absolute atomic E-state index is 0. The fourth-order valence-electron chi connectivity index (χ4n) is 1.96. The summed E-state index contributed by atoms with van der Waals surface area (Å²) in [7, 11) is 0. The zero-order chi connectivity index (χ0) is 25.5. The molecule has 0 fully saturated rings. The van der Waals surface area contributed by atoms with Crippen molar-refractivity contribution in [2.45, 2.75) is 65.6 Å². The molecule has 0 saturated heterocycles. The van der Waals surface area contributed by atoms with Gasteiger partial charge < -0.3 is 50.9 Å². The number of carboxylic acid groups (broad SMARTS) is 2. The van der Waals surface area contributed by atoms with Gasteiger partial charge in [-0.1, -0.05) is 27.7 Å². The second kappa shape index (κ2) is 18.3. The first kappa shape index (κ1) is 36.5. The Balaban J connectivity index is -0.000000529. The number of rotatable bonds is 14. The van der Waals surface area contributed by atoms with Crippen LogP contribution in [0.4, 0.5) is 0 Å². The van der Waals surface area contributed by atoms with Gasteiger partial charge in [-0.05, 0) is 25.7 Å². The average Bonchev–Trinajstić information content (AvgIpc) is 2.72. The van der Waals surface area contributed by atoms with Gasteiger partial charge in [0.1, 0.15) is 12.2 Å². The Labute approximate surface area is 223 Å². The molecule has 2 atom stereocenters. The average molecular weight is 505 g/mol. The number of hydrogen-bond donors (Lipinski definition) is 6. The van der Waals surface area contributed by atoms with E-state index in [1.54, 1.807) is 27.7 Å². The van der Waals surface area contributed by atoms with E-state index in [2.05, 4.69) is 10.6 Å². The molecular formula is C20H36CaN2O10. The van der Waals surface area contributed by atoms with E-state index < -0.39 is 46.8 Å². The van der Waals surface area contributed by atoms with Gasteiger partial charge in [0.25, 0.3) is 0 Å². The van der Waals surface area contributed by atoms with Crippen molar-refractivity contribution in [2.24, 2.45) is 10.8 Å². The SMILES string of the molecule is CC(C)(CO)[C@@H](O)C(=O)NCCCC(=O)[O-].CC(C)(CO)[C@@H](O)C(=O)NCCCC(=O)[O-].[Ca+2]. The second-order valence-corrected chi connectivity index (χ2v) is 8.63. The molecule has 0 bridgehead atoms. The molecule has 33 heavy (non-hydrogen) atoms. The monoisotopic (exact) mass is 504 g/mol. The molecule has 0 radical (unpaired) electrons. The molecule has 6 N–H and O–H groups in total. The van der Waals surface area contributed by atoms with Gasteiger partial charge in [-0.15, -0.1) is 0 Å². The van der Waals surface area contributed by atoms with E-state index in [1.807, 2.05) is 0 Å². The third-order valence-electron chi connectivity index (χ3n) is 4.51. The summed E-state index contributed by atoms with van der Waals surface area (Å²) < 4.78 is 0. The number of carboxylic acids is 2. The standard InChI is InChI=1S/2C10H19NO5.Ca/c2*1-10(2,6-12)8(15)9(16)11-5-3-4-7(13)14;/h2*8,12,15H,3-6H2,1-2H3,(H,11,16)(H,13,14);/q;;+2/p-2/t2*8-;/m00./s1. The Morgan fingerprint density at radius 2 is 1.00 bits per heavy atom. The van der Waals surface area contributed by atoms with Crippen LogP contribution in [0.5, 0.6) is 0 Å². The van der Waals surface area contributed by atoms with Gasteiger partial charge in [0.05, 0.1) is 13.2 Å². The van der Waals surface area contributed by atoms with Crippen LogP contribution in [-0.2, 0) is 19.2 Å². The van der Waals surface area contributed by atoms with E-state index in [9.17, 15) is 39.6 Å². The molecule has 0 aliphatic heterocycles. The summed E-state index contributed by atoms with van der Waals surface area (Å²) in [5.41, 5.74) is -1.84. The van der Waals surface area contributed by atoms with Crippen molar-refractivity contribution in [2.75, 3.05) is 26.3 Å². The maximum absolute atomic E-state index is 11.4. The van der Waals surface area contributed by atoms with E-state index in [0.29, 0.717) is 0 Å². The van der Waals surface area contributed by atoms with Crippen LogP contribution in [0.2, 0.25) is 0 Å². The van der Waals surface area contributed by atoms with Crippen LogP contribution in [0, 0.1) is 10.8 Å². The van der Waals surface area contributed by atoms with Crippen LogP contribution in [0.15, 0.2) is 0 Å². The predicted octanol–water partition coefficient (Wildman–Crippen LogP) is -4.36. The van der Waals surface area contributed by atoms with E-state index in [1.165, 1.54) is 0 Å². The largest absolute Gasteiger partial charge is 2.00 e. The van der Waals surface area contributed by atoms with Crippen molar-refractivity contribution in [3.63, 3.8) is 0 Å². The number of nitrogens with one attached hydrogen (secondary N) is 2. The first-order valence-corrected chi connectivity index (χ1v) is 10.1. The van der Waals surface area contributed by atoms with Crippen LogP contribution in [0.25, 0.3) is 0 Å². The molecule has 13 heteroatoms. The Morgan fingerprint density at radius 3 is 1.21 bits per heavy atom. The summed E-state index contributed by atoms with van der Waals surface area (Å²) in [5.74, 6) is -3.58. The molecule has 12 nitrogen and oxygen atoms in total. The fraction of sp³-hybridized carbons (Fsp3) is 0.800. The maximum atomic E-state index is 11.4. The molecule has 0 aromatic heterocycles. The van der Waals surface area contributed by atoms with Gasteiger partial charge in [-0.3, -0.25) is 9.59 Å². The topological polar surface area (TPSA) is 219 Å². The van der Waals surface area contributed by atoms with Gasteiger partial charge in [-0.2, -0.15) is 0 Å². The molecule has 188 valence electrons. The van der Waals surface area contributed by atoms with Crippen LogP contribution in [-0.4, -0.2) is 120 Å². The summed E-state index contributed by atoms with van der Waals surface area (Å²) in [6.07, 6.45) is -2.42. The van der Waals surface area contributed by atoms with Crippen LogP contribution < -0.4 is 20.8 Å². The van der Waals surface area contributed by atoms with E-state index >= 15 is 0 Å². The van der Waals surface area contributed by atoms with Crippen molar-refractivity contribution in [1.82, 2.24) is 10.6 Å². The van der Waals surface area contributed by atoms with E-state index in [4.69, 9.17) is 10.2 Å². The summed E-state index contributed by atoms with van der Waals surface area (Å²) >= 11 is 0. The van der Waals surface area contributed by atoms with Crippen LogP contribution >= 0.6 is 0 Å². The molecule has 0 aromatic rings. The zero-order valence-electron chi connectivity index (χ0n) is 19.8. The third-order valence-corrected chi connectivity index (χ3v) is 4.51. The molecule has 0 aliphatic carbocycles. The van der Waals surface area contributed by atoms with Crippen molar-refractivity contribution < 1.29 is 49.8 Å². The van der Waals surface area contributed by atoms with Gasteiger partial charge in [0.15, 0.2) is 0 Å². The minimum Gasteiger partial charge on any atom is -0.550 e. The third kappa shape index (κ3) is 17.1. The van der Waals surface area contributed by atoms with Crippen molar-refractivity contribution in [3.05, 3.63) is 0 Å². The molecule has 0 unspecified atom stereocenters. The van der Waals surface area contributed by atoms with Crippen molar-refractivity contribution >= 4 is 61.5 Å². The summed E-state index contributed by atoms with van der Waals surface area (Å²) in [5, 5.41) is 61.9. The quantitative estimate of drug-likeness (QED) is 0.0985. The number of amides is 2.